The first kappa shape index (κ1) is 20.1. The van der Waals surface area contributed by atoms with Crippen molar-refractivity contribution in [3.63, 3.8) is 0 Å². The third-order valence-electron chi connectivity index (χ3n) is 4.14. The first-order chi connectivity index (χ1) is 12.2. The highest BCUT2D eigenvalue weighted by Gasteiger charge is 2.19. The van der Waals surface area contributed by atoms with Crippen molar-refractivity contribution in [2.45, 2.75) is 32.8 Å². The summed E-state index contributed by atoms with van der Waals surface area (Å²) in [5.41, 5.74) is 1.88. The summed E-state index contributed by atoms with van der Waals surface area (Å²) in [7, 11) is 2.11. The van der Waals surface area contributed by atoms with Crippen LogP contribution in [-0.2, 0) is 11.2 Å². The minimum atomic E-state index is -0.562. The molecular weight excluding hydrogens is 328 g/mol. The molecule has 6 heteroatoms. The molecule has 1 amide bonds. The van der Waals surface area contributed by atoms with Crippen LogP contribution in [-0.4, -0.2) is 67.0 Å². The van der Waals surface area contributed by atoms with E-state index in [1.54, 1.807) is 12.1 Å². The van der Waals surface area contributed by atoms with Gasteiger partial charge >= 0.3 is 6.09 Å². The average molecular weight is 356 g/mol. The van der Waals surface area contributed by atoms with Crippen LogP contribution in [0.5, 0.6) is 0 Å². The third kappa shape index (κ3) is 6.95. The Morgan fingerprint density at radius 3 is 2.35 bits per heavy atom. The molecule has 1 heterocycles. The SMILES string of the molecule is CN1CCN(CC(Cc2ccc(C#N)cc2)=NC(=O)OC(C)(C)C)CC1. The molecule has 0 radical (unpaired) electrons. The van der Waals surface area contributed by atoms with Gasteiger partial charge in [-0.2, -0.15) is 10.3 Å². The van der Waals surface area contributed by atoms with Gasteiger partial charge < -0.3 is 9.64 Å². The molecule has 1 saturated heterocycles. The summed E-state index contributed by atoms with van der Waals surface area (Å²) in [4.78, 5) is 21.0. The standard InChI is InChI=1S/C20H28N4O2/c1-20(2,3)26-19(25)22-18(15-24-11-9-23(4)10-12-24)13-16-5-7-17(14-21)8-6-16/h5-8H,9-13,15H2,1-4H3. The van der Waals surface area contributed by atoms with Gasteiger partial charge in [0.2, 0.25) is 0 Å². The normalized spacial score (nSPS) is 17.0. The lowest BCUT2D eigenvalue weighted by Crippen LogP contribution is -2.46. The van der Waals surface area contributed by atoms with Crippen molar-refractivity contribution in [3.8, 4) is 6.07 Å². The van der Waals surface area contributed by atoms with Gasteiger partial charge in [-0.3, -0.25) is 4.90 Å². The van der Waals surface area contributed by atoms with Gasteiger partial charge in [-0.1, -0.05) is 12.1 Å². The zero-order valence-corrected chi connectivity index (χ0v) is 16.2. The summed E-state index contributed by atoms with van der Waals surface area (Å²) in [5.74, 6) is 0. The van der Waals surface area contributed by atoms with E-state index < -0.39 is 11.7 Å². The van der Waals surface area contributed by atoms with E-state index in [4.69, 9.17) is 10.00 Å². The molecule has 0 aromatic heterocycles. The summed E-state index contributed by atoms with van der Waals surface area (Å²) in [6, 6.07) is 9.51. The molecular formula is C20H28N4O2. The summed E-state index contributed by atoms with van der Waals surface area (Å²) in [5, 5.41) is 8.93. The first-order valence-electron chi connectivity index (χ1n) is 8.94. The Bertz CT molecular complexity index is 675. The number of piperazine rings is 1. The number of likely N-dealkylation sites (N-methyl/N-ethyl adjacent to an activating group) is 1. The van der Waals surface area contributed by atoms with E-state index in [-0.39, 0.29) is 0 Å². The lowest BCUT2D eigenvalue weighted by molar-refractivity contribution is 0.0603. The van der Waals surface area contributed by atoms with E-state index in [9.17, 15) is 4.79 Å². The number of amides is 1. The second kappa shape index (κ2) is 8.93. The van der Waals surface area contributed by atoms with E-state index in [0.717, 1.165) is 37.5 Å². The Hall–Kier alpha value is -2.23. The summed E-state index contributed by atoms with van der Waals surface area (Å²) in [6.07, 6.45) is 0.0207. The van der Waals surface area contributed by atoms with Crippen LogP contribution in [0.2, 0.25) is 0 Å². The number of nitrogens with zero attached hydrogens (tertiary/aromatic N) is 4. The van der Waals surface area contributed by atoms with E-state index >= 15 is 0 Å². The van der Waals surface area contributed by atoms with Crippen LogP contribution >= 0.6 is 0 Å². The summed E-state index contributed by atoms with van der Waals surface area (Å²) < 4.78 is 5.35. The van der Waals surface area contributed by atoms with Gasteiger partial charge in [-0.05, 0) is 45.5 Å². The van der Waals surface area contributed by atoms with Gasteiger partial charge in [0, 0.05) is 44.9 Å². The van der Waals surface area contributed by atoms with Crippen LogP contribution in [0.4, 0.5) is 4.79 Å². The molecule has 1 aliphatic rings. The largest absolute Gasteiger partial charge is 0.442 e. The van der Waals surface area contributed by atoms with Gasteiger partial charge in [0.05, 0.1) is 11.6 Å². The maximum absolute atomic E-state index is 12.2. The fourth-order valence-electron chi connectivity index (χ4n) is 2.74. The van der Waals surface area contributed by atoms with Gasteiger partial charge in [0.25, 0.3) is 0 Å². The van der Waals surface area contributed by atoms with E-state index in [2.05, 4.69) is 27.9 Å². The van der Waals surface area contributed by atoms with Crippen molar-refractivity contribution in [3.05, 3.63) is 35.4 Å². The van der Waals surface area contributed by atoms with Crippen molar-refractivity contribution in [2.24, 2.45) is 4.99 Å². The maximum Gasteiger partial charge on any atom is 0.434 e. The molecule has 2 rings (SSSR count). The van der Waals surface area contributed by atoms with Crippen molar-refractivity contribution in [2.75, 3.05) is 39.8 Å². The number of benzene rings is 1. The molecule has 26 heavy (non-hydrogen) atoms. The molecule has 0 saturated carbocycles. The van der Waals surface area contributed by atoms with Crippen LogP contribution < -0.4 is 0 Å². The Labute approximate surface area is 156 Å². The topological polar surface area (TPSA) is 68.9 Å². The van der Waals surface area contributed by atoms with Crippen LogP contribution in [0.1, 0.15) is 31.9 Å². The molecule has 1 aromatic carbocycles. The smallest absolute Gasteiger partial charge is 0.434 e. The number of hydrogen-bond donors (Lipinski definition) is 0. The Balaban J connectivity index is 2.11. The quantitative estimate of drug-likeness (QED) is 0.776. The van der Waals surface area contributed by atoms with Gasteiger partial charge in [-0.25, -0.2) is 4.79 Å². The van der Waals surface area contributed by atoms with Crippen molar-refractivity contribution in [1.82, 2.24) is 9.80 Å². The number of nitriles is 1. The zero-order chi connectivity index (χ0) is 19.2. The maximum atomic E-state index is 12.2. The number of rotatable bonds is 4. The molecule has 0 aliphatic carbocycles. The fraction of sp³-hybridized carbons (Fsp3) is 0.550. The molecule has 0 spiro atoms. The number of ether oxygens (including phenoxy) is 1. The zero-order valence-electron chi connectivity index (χ0n) is 16.2. The average Bonchev–Trinajstić information content (AvgIpc) is 2.56. The molecule has 0 unspecified atom stereocenters. The highest BCUT2D eigenvalue weighted by atomic mass is 16.6. The third-order valence-corrected chi connectivity index (χ3v) is 4.14. The van der Waals surface area contributed by atoms with Crippen molar-refractivity contribution >= 4 is 11.8 Å². The molecule has 1 aliphatic heterocycles. The summed E-state index contributed by atoms with van der Waals surface area (Å²) >= 11 is 0. The van der Waals surface area contributed by atoms with E-state index in [0.29, 0.717) is 18.5 Å². The van der Waals surface area contributed by atoms with Crippen molar-refractivity contribution < 1.29 is 9.53 Å². The number of aliphatic imine (C=N–C) groups is 1. The van der Waals surface area contributed by atoms with Gasteiger partial charge in [0.15, 0.2) is 0 Å². The van der Waals surface area contributed by atoms with E-state index in [1.807, 2.05) is 32.9 Å². The molecule has 0 bridgehead atoms. The van der Waals surface area contributed by atoms with Crippen LogP contribution in [0.3, 0.4) is 0 Å². The Morgan fingerprint density at radius 1 is 1.19 bits per heavy atom. The van der Waals surface area contributed by atoms with Crippen LogP contribution in [0.15, 0.2) is 29.3 Å². The monoisotopic (exact) mass is 356 g/mol. The molecule has 0 N–H and O–H groups in total. The minimum absolute atomic E-state index is 0.546. The Kier molecular flexibility index (Phi) is 6.90. The van der Waals surface area contributed by atoms with Crippen LogP contribution in [0.25, 0.3) is 0 Å². The van der Waals surface area contributed by atoms with Crippen LogP contribution in [0, 0.1) is 11.3 Å². The molecule has 0 atom stereocenters. The number of carbonyl (C=O) groups excluding carboxylic acids is 1. The predicted octanol–water partition coefficient (Wildman–Crippen LogP) is 2.72. The summed E-state index contributed by atoms with van der Waals surface area (Å²) in [6.45, 7) is 10.1. The molecule has 6 nitrogen and oxygen atoms in total. The predicted molar refractivity (Wildman–Crippen MR) is 102 cm³/mol. The second-order valence-electron chi connectivity index (χ2n) is 7.72. The molecule has 1 aromatic rings. The minimum Gasteiger partial charge on any atom is -0.442 e. The first-order valence-corrected chi connectivity index (χ1v) is 8.94. The fourth-order valence-corrected chi connectivity index (χ4v) is 2.74. The number of carbonyl (C=O) groups is 1. The van der Waals surface area contributed by atoms with Gasteiger partial charge in [0.1, 0.15) is 5.60 Å². The molecule has 1 fully saturated rings. The lowest BCUT2D eigenvalue weighted by atomic mass is 10.1. The van der Waals surface area contributed by atoms with Gasteiger partial charge in [-0.15, -0.1) is 0 Å². The lowest BCUT2D eigenvalue weighted by Gasteiger charge is -2.32. The second-order valence-corrected chi connectivity index (χ2v) is 7.72. The van der Waals surface area contributed by atoms with Crippen molar-refractivity contribution in [1.29, 1.82) is 5.26 Å². The Morgan fingerprint density at radius 2 is 1.81 bits per heavy atom. The molecule has 140 valence electrons. The highest BCUT2D eigenvalue weighted by molar-refractivity contribution is 5.96. The highest BCUT2D eigenvalue weighted by Crippen LogP contribution is 2.11. The number of hydrogen-bond acceptors (Lipinski definition) is 5. The van der Waals surface area contributed by atoms with E-state index in [1.165, 1.54) is 0 Å².